The SMILES string of the molecule is C=O.CC1CCCOCC1.CN=C(NC(=O)CN1CC=CCC1)S/C(C)=C/c1ccco1. The van der Waals surface area contributed by atoms with Gasteiger partial charge in [0.15, 0.2) is 5.17 Å². The Hall–Kier alpha value is -2.16. The highest BCUT2D eigenvalue weighted by molar-refractivity contribution is 8.17. The summed E-state index contributed by atoms with van der Waals surface area (Å²) in [7, 11) is 1.67. The van der Waals surface area contributed by atoms with E-state index in [0.717, 1.165) is 49.3 Å². The molecule has 0 bridgehead atoms. The third-order valence-corrected chi connectivity index (χ3v) is 5.76. The molecule has 1 unspecified atom stereocenters. The summed E-state index contributed by atoms with van der Waals surface area (Å²) in [5.41, 5.74) is 0. The molecule has 0 saturated carbocycles. The molecule has 0 aromatic carbocycles. The molecule has 32 heavy (non-hydrogen) atoms. The van der Waals surface area contributed by atoms with Crippen LogP contribution in [-0.4, -0.2) is 62.7 Å². The average Bonchev–Trinajstić information content (AvgIpc) is 3.19. The van der Waals surface area contributed by atoms with Crippen LogP contribution in [0.3, 0.4) is 0 Å². The lowest BCUT2D eigenvalue weighted by Gasteiger charge is -2.22. The van der Waals surface area contributed by atoms with Crippen molar-refractivity contribution in [3.63, 3.8) is 0 Å². The van der Waals surface area contributed by atoms with E-state index in [1.54, 1.807) is 13.3 Å². The summed E-state index contributed by atoms with van der Waals surface area (Å²) < 4.78 is 10.5. The first-order valence-corrected chi connectivity index (χ1v) is 11.8. The molecule has 1 fully saturated rings. The predicted molar refractivity (Wildman–Crippen MR) is 133 cm³/mol. The van der Waals surface area contributed by atoms with Crippen molar-refractivity contribution in [3.05, 3.63) is 41.2 Å². The van der Waals surface area contributed by atoms with Gasteiger partial charge in [0.1, 0.15) is 12.5 Å². The van der Waals surface area contributed by atoms with Gasteiger partial charge in [-0.25, -0.2) is 0 Å². The largest absolute Gasteiger partial charge is 0.465 e. The summed E-state index contributed by atoms with van der Waals surface area (Å²) in [6.07, 6.45) is 12.7. The number of carbonyl (C=O) groups is 2. The maximum absolute atomic E-state index is 12.1. The zero-order valence-corrected chi connectivity index (χ0v) is 20.4. The van der Waals surface area contributed by atoms with E-state index in [4.69, 9.17) is 13.9 Å². The standard InChI is InChI=1S/C16H21N3O2S.C7H14O.CH2O/c1-13(11-14-7-6-10-21-14)22-16(17-2)18-15(20)12-19-8-4-3-5-9-19;1-7-3-2-5-8-6-4-7;1-2/h3-4,6-7,10-11H,5,8-9,12H2,1-2H3,(H,17,18,20);7H,2-6H2,1H3;1H2/b13-11+;;. The van der Waals surface area contributed by atoms with Gasteiger partial charge in [-0.3, -0.25) is 14.7 Å². The first kappa shape index (κ1) is 27.9. The number of carbonyl (C=O) groups excluding carboxylic acids is 2. The van der Waals surface area contributed by atoms with Crippen LogP contribution in [0.1, 0.15) is 45.3 Å². The number of nitrogens with one attached hydrogen (secondary N) is 1. The Kier molecular flexibility index (Phi) is 15.2. The molecule has 0 radical (unpaired) electrons. The fraction of sp³-hybridized carbons (Fsp3) is 0.542. The molecule has 178 valence electrons. The molecule has 1 amide bonds. The van der Waals surface area contributed by atoms with E-state index < -0.39 is 0 Å². The van der Waals surface area contributed by atoms with E-state index in [-0.39, 0.29) is 5.91 Å². The number of hydrogen-bond donors (Lipinski definition) is 1. The van der Waals surface area contributed by atoms with Crippen molar-refractivity contribution in [1.29, 1.82) is 0 Å². The van der Waals surface area contributed by atoms with Gasteiger partial charge < -0.3 is 19.3 Å². The summed E-state index contributed by atoms with van der Waals surface area (Å²) in [4.78, 5) is 27.3. The zero-order chi connectivity index (χ0) is 23.6. The number of rotatable bonds is 4. The van der Waals surface area contributed by atoms with Crippen LogP contribution in [-0.2, 0) is 14.3 Å². The number of ether oxygens (including phenoxy) is 1. The highest BCUT2D eigenvalue weighted by Crippen LogP contribution is 2.19. The number of aliphatic imine (C=N–C) groups is 1. The first-order chi connectivity index (χ1) is 15.6. The summed E-state index contributed by atoms with van der Waals surface area (Å²) in [5, 5.41) is 3.46. The van der Waals surface area contributed by atoms with Crippen LogP contribution in [0.4, 0.5) is 0 Å². The second kappa shape index (κ2) is 17.4. The lowest BCUT2D eigenvalue weighted by molar-refractivity contribution is -0.120. The van der Waals surface area contributed by atoms with Gasteiger partial charge >= 0.3 is 0 Å². The zero-order valence-electron chi connectivity index (χ0n) is 19.5. The van der Waals surface area contributed by atoms with Gasteiger partial charge in [0.2, 0.25) is 5.91 Å². The quantitative estimate of drug-likeness (QED) is 0.405. The Morgan fingerprint density at radius 1 is 1.34 bits per heavy atom. The van der Waals surface area contributed by atoms with Crippen LogP contribution in [0, 0.1) is 5.92 Å². The van der Waals surface area contributed by atoms with Gasteiger partial charge in [0.05, 0.1) is 12.8 Å². The second-order valence-corrected chi connectivity index (χ2v) is 8.83. The van der Waals surface area contributed by atoms with Crippen LogP contribution >= 0.6 is 11.8 Å². The van der Waals surface area contributed by atoms with Crippen LogP contribution in [0.15, 0.2) is 44.9 Å². The maximum Gasteiger partial charge on any atom is 0.240 e. The normalized spacial score (nSPS) is 19.7. The third kappa shape index (κ3) is 12.6. The monoisotopic (exact) mass is 463 g/mol. The molecular weight excluding hydrogens is 426 g/mol. The number of thioether (sulfide) groups is 1. The maximum atomic E-state index is 12.1. The lowest BCUT2D eigenvalue weighted by atomic mass is 10.0. The number of amides is 1. The number of hydrogen-bond acceptors (Lipinski definition) is 7. The Bertz CT molecular complexity index is 724. The Morgan fingerprint density at radius 3 is 2.81 bits per heavy atom. The fourth-order valence-corrected chi connectivity index (χ4v) is 3.88. The first-order valence-electron chi connectivity index (χ1n) is 11.0. The van der Waals surface area contributed by atoms with E-state index in [0.29, 0.717) is 11.7 Å². The Labute approximate surface area is 196 Å². The smallest absolute Gasteiger partial charge is 0.240 e. The predicted octanol–water partition coefficient (Wildman–Crippen LogP) is 4.38. The minimum absolute atomic E-state index is 0.0331. The van der Waals surface area contributed by atoms with Gasteiger partial charge in [-0.2, -0.15) is 0 Å². The van der Waals surface area contributed by atoms with Crippen molar-refractivity contribution < 1.29 is 18.7 Å². The van der Waals surface area contributed by atoms with Gasteiger partial charge in [-0.15, -0.1) is 0 Å². The minimum Gasteiger partial charge on any atom is -0.465 e. The highest BCUT2D eigenvalue weighted by atomic mass is 32.2. The van der Waals surface area contributed by atoms with Gasteiger partial charge in [0.25, 0.3) is 0 Å². The van der Waals surface area contributed by atoms with Crippen molar-refractivity contribution in [2.24, 2.45) is 10.9 Å². The van der Waals surface area contributed by atoms with E-state index in [1.165, 1.54) is 31.0 Å². The number of allylic oxidation sites excluding steroid dienone is 1. The van der Waals surface area contributed by atoms with Gasteiger partial charge in [-0.1, -0.05) is 30.8 Å². The molecule has 2 aliphatic rings. The molecule has 2 aliphatic heterocycles. The average molecular weight is 464 g/mol. The number of amidine groups is 1. The third-order valence-electron chi connectivity index (χ3n) is 4.85. The van der Waals surface area contributed by atoms with Crippen LogP contribution in [0.2, 0.25) is 0 Å². The highest BCUT2D eigenvalue weighted by Gasteiger charge is 2.13. The molecule has 3 heterocycles. The van der Waals surface area contributed by atoms with E-state index in [9.17, 15) is 4.79 Å². The summed E-state index contributed by atoms with van der Waals surface area (Å²) in [5.74, 6) is 1.65. The van der Waals surface area contributed by atoms with Gasteiger partial charge in [0, 0.05) is 33.4 Å². The van der Waals surface area contributed by atoms with Crippen LogP contribution in [0.25, 0.3) is 6.08 Å². The molecule has 3 rings (SSSR count). The van der Waals surface area contributed by atoms with Crippen molar-refractivity contribution >= 4 is 35.7 Å². The van der Waals surface area contributed by atoms with E-state index in [2.05, 4.69) is 34.3 Å². The summed E-state index contributed by atoms with van der Waals surface area (Å²) in [6.45, 7) is 10.4. The lowest BCUT2D eigenvalue weighted by Crippen LogP contribution is -2.40. The molecule has 1 aromatic heterocycles. The topological polar surface area (TPSA) is 84.1 Å². The summed E-state index contributed by atoms with van der Waals surface area (Å²) in [6, 6.07) is 3.72. The van der Waals surface area contributed by atoms with Crippen molar-refractivity contribution in [2.75, 3.05) is 39.9 Å². The van der Waals surface area contributed by atoms with E-state index >= 15 is 0 Å². The van der Waals surface area contributed by atoms with Crippen molar-refractivity contribution in [3.8, 4) is 0 Å². The Balaban J connectivity index is 0.000000427. The molecule has 7 nitrogen and oxygen atoms in total. The van der Waals surface area contributed by atoms with Gasteiger partial charge in [-0.05, 0) is 61.6 Å². The summed E-state index contributed by atoms with van der Waals surface area (Å²) >= 11 is 1.42. The molecule has 1 saturated heterocycles. The molecule has 1 atom stereocenters. The van der Waals surface area contributed by atoms with Crippen LogP contribution < -0.4 is 5.32 Å². The molecule has 8 heteroatoms. The van der Waals surface area contributed by atoms with E-state index in [1.807, 2.05) is 31.9 Å². The number of furan rings is 1. The molecule has 0 aliphatic carbocycles. The molecule has 0 spiro atoms. The van der Waals surface area contributed by atoms with Crippen LogP contribution in [0.5, 0.6) is 0 Å². The minimum atomic E-state index is -0.0331. The van der Waals surface area contributed by atoms with Crippen molar-refractivity contribution in [2.45, 2.75) is 39.5 Å². The number of nitrogens with zero attached hydrogens (tertiary/aromatic N) is 2. The second-order valence-electron chi connectivity index (χ2n) is 7.59. The molecule has 1 aromatic rings. The molecular formula is C24H37N3O4S. The molecule has 1 N–H and O–H groups in total. The fourth-order valence-electron chi connectivity index (χ4n) is 3.14. The van der Waals surface area contributed by atoms with Crippen molar-refractivity contribution in [1.82, 2.24) is 10.2 Å². The Morgan fingerprint density at radius 2 is 2.16 bits per heavy atom.